The Morgan fingerprint density at radius 3 is 2.25 bits per heavy atom. The highest BCUT2D eigenvalue weighted by Crippen LogP contribution is 2.26. The number of carboxylic acid groups (broad SMARTS) is 1. The van der Waals surface area contributed by atoms with Gasteiger partial charge >= 0.3 is 5.97 Å². The molecule has 1 rings (SSSR count). The summed E-state index contributed by atoms with van der Waals surface area (Å²) in [6, 6.07) is 2.99. The van der Waals surface area contributed by atoms with E-state index in [1.54, 1.807) is 6.92 Å². The monoisotopic (exact) mass is 279 g/mol. The third-order valence-electron chi connectivity index (χ3n) is 3.27. The molecule has 5 heteroatoms. The molecule has 0 aromatic heterocycles. The molecule has 0 aliphatic carbocycles. The van der Waals surface area contributed by atoms with E-state index in [0.717, 1.165) is 16.7 Å². The largest absolute Gasteiger partial charge is 0.480 e. The second-order valence-corrected chi connectivity index (χ2v) is 4.98. The number of hydrogen-bond donors (Lipinski definition) is 2. The first-order valence-corrected chi connectivity index (χ1v) is 6.50. The molecule has 0 aliphatic rings. The summed E-state index contributed by atoms with van der Waals surface area (Å²) < 4.78 is 5.69. The fourth-order valence-corrected chi connectivity index (χ4v) is 1.73. The highest BCUT2D eigenvalue weighted by Gasteiger charge is 2.21. The van der Waals surface area contributed by atoms with Gasteiger partial charge in [0.05, 0.1) is 0 Å². The predicted octanol–water partition coefficient (Wildman–Crippen LogP) is 1.97. The average Bonchev–Trinajstić information content (AvgIpc) is 2.38. The van der Waals surface area contributed by atoms with Crippen molar-refractivity contribution in [1.82, 2.24) is 5.32 Å². The lowest BCUT2D eigenvalue weighted by molar-refractivity contribution is -0.142. The molecule has 2 N–H and O–H groups in total. The normalized spacial score (nSPS) is 13.4. The van der Waals surface area contributed by atoms with Crippen LogP contribution in [0.4, 0.5) is 0 Å². The average molecular weight is 279 g/mol. The van der Waals surface area contributed by atoms with Gasteiger partial charge in [0.2, 0.25) is 0 Å². The molecule has 0 saturated carbocycles. The molecule has 1 aromatic rings. The maximum atomic E-state index is 11.9. The Kier molecular flexibility index (Phi) is 5.13. The van der Waals surface area contributed by atoms with Crippen molar-refractivity contribution in [3.63, 3.8) is 0 Å². The summed E-state index contributed by atoms with van der Waals surface area (Å²) in [5.74, 6) is -0.843. The van der Waals surface area contributed by atoms with Gasteiger partial charge in [-0.25, -0.2) is 0 Å². The number of carboxylic acids is 1. The highest BCUT2D eigenvalue weighted by molar-refractivity contribution is 5.86. The number of carbonyl (C=O) groups excluding carboxylic acids is 1. The van der Waals surface area contributed by atoms with Crippen molar-refractivity contribution >= 4 is 11.9 Å². The Balaban J connectivity index is 2.81. The number of carbonyl (C=O) groups is 2. The number of benzene rings is 1. The number of hydrogen-bond acceptors (Lipinski definition) is 3. The van der Waals surface area contributed by atoms with Crippen LogP contribution < -0.4 is 10.1 Å². The van der Waals surface area contributed by atoms with Crippen LogP contribution in [0.1, 0.15) is 30.5 Å². The van der Waals surface area contributed by atoms with Crippen LogP contribution in [-0.2, 0) is 9.59 Å². The van der Waals surface area contributed by atoms with Crippen LogP contribution in [0.2, 0.25) is 0 Å². The van der Waals surface area contributed by atoms with Gasteiger partial charge in [0, 0.05) is 0 Å². The summed E-state index contributed by atoms with van der Waals surface area (Å²) in [7, 11) is 0. The van der Waals surface area contributed by atoms with Crippen molar-refractivity contribution in [3.05, 3.63) is 28.8 Å². The fraction of sp³-hybridized carbons (Fsp3) is 0.467. The predicted molar refractivity (Wildman–Crippen MR) is 76.0 cm³/mol. The van der Waals surface area contributed by atoms with Crippen LogP contribution in [0.5, 0.6) is 5.75 Å². The molecule has 0 spiro atoms. The lowest BCUT2D eigenvalue weighted by Crippen LogP contribution is -2.44. The number of aliphatic carboxylic acids is 1. The maximum Gasteiger partial charge on any atom is 0.325 e. The molecular weight excluding hydrogens is 258 g/mol. The van der Waals surface area contributed by atoms with Gasteiger partial charge in [-0.1, -0.05) is 12.1 Å². The second-order valence-electron chi connectivity index (χ2n) is 4.98. The highest BCUT2D eigenvalue weighted by atomic mass is 16.5. The van der Waals surface area contributed by atoms with Crippen LogP contribution in [0, 0.1) is 20.8 Å². The minimum atomic E-state index is -1.08. The molecule has 1 aromatic carbocycles. The molecule has 5 nitrogen and oxygen atoms in total. The molecule has 2 unspecified atom stereocenters. The van der Waals surface area contributed by atoms with E-state index in [9.17, 15) is 9.59 Å². The van der Waals surface area contributed by atoms with Gasteiger partial charge in [0.1, 0.15) is 11.8 Å². The first kappa shape index (κ1) is 16.0. The van der Waals surface area contributed by atoms with Crippen LogP contribution in [0.25, 0.3) is 0 Å². The molecule has 0 bridgehead atoms. The first-order valence-electron chi connectivity index (χ1n) is 6.50. The number of rotatable bonds is 5. The van der Waals surface area contributed by atoms with E-state index in [0.29, 0.717) is 5.75 Å². The molecule has 0 fully saturated rings. The zero-order valence-corrected chi connectivity index (χ0v) is 12.5. The van der Waals surface area contributed by atoms with Crippen molar-refractivity contribution < 1.29 is 19.4 Å². The lowest BCUT2D eigenvalue weighted by atomic mass is 10.1. The van der Waals surface area contributed by atoms with Gasteiger partial charge in [0.25, 0.3) is 5.91 Å². The molecule has 0 heterocycles. The standard InChI is InChI=1S/C15H21NO4/c1-8-6-7-9(2)13(10(8)3)20-12(5)14(17)16-11(4)15(18)19/h6-7,11-12H,1-5H3,(H,16,17)(H,18,19). The van der Waals surface area contributed by atoms with Crippen molar-refractivity contribution in [1.29, 1.82) is 0 Å². The third kappa shape index (κ3) is 3.73. The molecule has 2 atom stereocenters. The van der Waals surface area contributed by atoms with E-state index < -0.39 is 24.0 Å². The van der Waals surface area contributed by atoms with E-state index in [2.05, 4.69) is 5.32 Å². The number of aryl methyl sites for hydroxylation is 2. The molecule has 0 radical (unpaired) electrons. The summed E-state index contributed by atoms with van der Waals surface area (Å²) in [6.45, 7) is 8.83. The Bertz CT molecular complexity index is 525. The Labute approximate surface area is 118 Å². The van der Waals surface area contributed by atoms with E-state index in [-0.39, 0.29) is 0 Å². The van der Waals surface area contributed by atoms with Crippen molar-refractivity contribution in [2.75, 3.05) is 0 Å². The zero-order valence-electron chi connectivity index (χ0n) is 12.5. The summed E-state index contributed by atoms with van der Waals surface area (Å²) in [5, 5.41) is 11.2. The van der Waals surface area contributed by atoms with Gasteiger partial charge in [0.15, 0.2) is 6.10 Å². The topological polar surface area (TPSA) is 75.6 Å². The van der Waals surface area contributed by atoms with E-state index >= 15 is 0 Å². The van der Waals surface area contributed by atoms with Gasteiger partial charge in [-0.15, -0.1) is 0 Å². The molecule has 0 aliphatic heterocycles. The minimum Gasteiger partial charge on any atom is -0.480 e. The quantitative estimate of drug-likeness (QED) is 0.864. The Morgan fingerprint density at radius 2 is 1.70 bits per heavy atom. The fourth-order valence-electron chi connectivity index (χ4n) is 1.73. The van der Waals surface area contributed by atoms with Gasteiger partial charge in [-0.3, -0.25) is 9.59 Å². The second kappa shape index (κ2) is 6.41. The van der Waals surface area contributed by atoms with Crippen LogP contribution >= 0.6 is 0 Å². The van der Waals surface area contributed by atoms with E-state index in [1.807, 2.05) is 32.9 Å². The number of nitrogens with one attached hydrogen (secondary N) is 1. The zero-order chi connectivity index (χ0) is 15.4. The Morgan fingerprint density at radius 1 is 1.15 bits per heavy atom. The van der Waals surface area contributed by atoms with Gasteiger partial charge in [-0.2, -0.15) is 0 Å². The first-order chi connectivity index (χ1) is 9.23. The molecule has 110 valence electrons. The summed E-state index contributed by atoms with van der Waals surface area (Å²) >= 11 is 0. The minimum absolute atomic E-state index is 0.444. The summed E-state index contributed by atoms with van der Waals surface area (Å²) in [5.41, 5.74) is 3.01. The number of amides is 1. The number of ether oxygens (including phenoxy) is 1. The van der Waals surface area contributed by atoms with Crippen LogP contribution in [-0.4, -0.2) is 29.1 Å². The van der Waals surface area contributed by atoms with E-state index in [4.69, 9.17) is 9.84 Å². The van der Waals surface area contributed by atoms with E-state index in [1.165, 1.54) is 6.92 Å². The molecule has 20 heavy (non-hydrogen) atoms. The SMILES string of the molecule is Cc1ccc(C)c(OC(C)C(=O)NC(C)C(=O)O)c1C. The van der Waals surface area contributed by atoms with Crippen LogP contribution in [0.3, 0.4) is 0 Å². The van der Waals surface area contributed by atoms with Gasteiger partial charge < -0.3 is 15.2 Å². The van der Waals surface area contributed by atoms with Crippen molar-refractivity contribution in [2.45, 2.75) is 46.8 Å². The molecule has 1 amide bonds. The Hall–Kier alpha value is -2.04. The smallest absolute Gasteiger partial charge is 0.325 e. The molecular formula is C15H21NO4. The van der Waals surface area contributed by atoms with Gasteiger partial charge in [-0.05, 0) is 51.3 Å². The lowest BCUT2D eigenvalue weighted by Gasteiger charge is -2.20. The maximum absolute atomic E-state index is 11.9. The molecule has 0 saturated heterocycles. The van der Waals surface area contributed by atoms with Crippen molar-refractivity contribution in [2.24, 2.45) is 0 Å². The van der Waals surface area contributed by atoms with Crippen molar-refractivity contribution in [3.8, 4) is 5.75 Å². The third-order valence-corrected chi connectivity index (χ3v) is 3.27. The summed E-state index contributed by atoms with van der Waals surface area (Å²) in [6.07, 6.45) is -0.754. The van der Waals surface area contributed by atoms with Crippen LogP contribution in [0.15, 0.2) is 12.1 Å². The summed E-state index contributed by atoms with van der Waals surface area (Å²) in [4.78, 5) is 22.6.